The first-order chi connectivity index (χ1) is 11.2. The first kappa shape index (κ1) is 18.5. The van der Waals surface area contributed by atoms with Crippen LogP contribution < -0.4 is 10.5 Å². The molecule has 2 rings (SSSR count). The van der Waals surface area contributed by atoms with Gasteiger partial charge in [-0.2, -0.15) is 0 Å². The molecule has 6 nitrogen and oxygen atoms in total. The zero-order valence-corrected chi connectivity index (χ0v) is 14.6. The normalized spacial score (nSPS) is 12.6. The second-order valence-electron chi connectivity index (χ2n) is 5.00. The van der Waals surface area contributed by atoms with Crippen molar-refractivity contribution in [3.05, 3.63) is 58.1 Å². The van der Waals surface area contributed by atoms with E-state index in [1.54, 1.807) is 18.2 Å². The fourth-order valence-electron chi connectivity index (χ4n) is 1.98. The first-order valence-electron chi connectivity index (χ1n) is 6.75. The van der Waals surface area contributed by atoms with Crippen molar-refractivity contribution in [1.29, 1.82) is 0 Å². The van der Waals surface area contributed by atoms with Gasteiger partial charge in [0.1, 0.15) is 6.04 Å². The molecular weight excluding hydrogens is 375 g/mol. The number of aliphatic carboxylic acids is 1. The number of hydrogen-bond acceptors (Lipinski definition) is 4. The highest BCUT2D eigenvalue weighted by molar-refractivity contribution is 7.92. The lowest BCUT2D eigenvalue weighted by atomic mass is 10.1. The lowest BCUT2D eigenvalue weighted by molar-refractivity contribution is -0.138. The maximum Gasteiger partial charge on any atom is 0.320 e. The number of rotatable bonds is 6. The van der Waals surface area contributed by atoms with Gasteiger partial charge in [-0.25, -0.2) is 8.42 Å². The van der Waals surface area contributed by atoms with Crippen LogP contribution in [0.25, 0.3) is 0 Å². The van der Waals surface area contributed by atoms with Crippen molar-refractivity contribution in [3.63, 3.8) is 0 Å². The predicted molar refractivity (Wildman–Crippen MR) is 93.0 cm³/mol. The van der Waals surface area contributed by atoms with Crippen molar-refractivity contribution in [2.24, 2.45) is 5.73 Å². The molecule has 128 valence electrons. The monoisotopic (exact) mass is 388 g/mol. The Morgan fingerprint density at radius 2 is 1.71 bits per heavy atom. The third kappa shape index (κ3) is 4.39. The maximum atomic E-state index is 12.3. The van der Waals surface area contributed by atoms with E-state index in [2.05, 4.69) is 4.72 Å². The largest absolute Gasteiger partial charge is 0.480 e. The van der Waals surface area contributed by atoms with E-state index in [1.807, 2.05) is 0 Å². The Kier molecular flexibility index (Phi) is 5.71. The molecule has 0 radical (unpaired) electrons. The quantitative estimate of drug-likeness (QED) is 0.704. The second kappa shape index (κ2) is 7.40. The summed E-state index contributed by atoms with van der Waals surface area (Å²) in [5.41, 5.74) is 5.98. The Labute approximate surface area is 149 Å². The summed E-state index contributed by atoms with van der Waals surface area (Å²) in [4.78, 5) is 10.9. The molecule has 0 saturated carbocycles. The van der Waals surface area contributed by atoms with Crippen molar-refractivity contribution >= 4 is 44.9 Å². The lowest BCUT2D eigenvalue weighted by Gasteiger charge is -2.14. The number of nitrogens with two attached hydrogens (primary N) is 1. The van der Waals surface area contributed by atoms with Crippen LogP contribution in [0.5, 0.6) is 0 Å². The summed E-state index contributed by atoms with van der Waals surface area (Å²) >= 11 is 12.2. The first-order valence-corrected chi connectivity index (χ1v) is 8.99. The van der Waals surface area contributed by atoms with Crippen LogP contribution in [-0.4, -0.2) is 25.5 Å². The molecule has 0 fully saturated rings. The van der Waals surface area contributed by atoms with E-state index in [9.17, 15) is 13.2 Å². The van der Waals surface area contributed by atoms with Crippen LogP contribution in [0.3, 0.4) is 0 Å². The van der Waals surface area contributed by atoms with E-state index in [0.717, 1.165) is 0 Å². The van der Waals surface area contributed by atoms with Crippen molar-refractivity contribution in [3.8, 4) is 0 Å². The highest BCUT2D eigenvalue weighted by atomic mass is 35.5. The zero-order valence-electron chi connectivity index (χ0n) is 12.2. The summed E-state index contributed by atoms with van der Waals surface area (Å²) in [7, 11) is -3.85. The molecule has 24 heavy (non-hydrogen) atoms. The van der Waals surface area contributed by atoms with Gasteiger partial charge in [0.25, 0.3) is 10.0 Å². The molecule has 0 aliphatic carbocycles. The van der Waals surface area contributed by atoms with Gasteiger partial charge in [-0.15, -0.1) is 0 Å². The molecule has 9 heteroatoms. The van der Waals surface area contributed by atoms with Crippen LogP contribution in [-0.2, 0) is 21.2 Å². The van der Waals surface area contributed by atoms with Crippen LogP contribution in [0.1, 0.15) is 5.56 Å². The van der Waals surface area contributed by atoms with E-state index in [-0.39, 0.29) is 27.0 Å². The minimum atomic E-state index is -3.85. The minimum Gasteiger partial charge on any atom is -0.480 e. The Morgan fingerprint density at radius 3 is 2.21 bits per heavy atom. The molecule has 0 heterocycles. The third-order valence-corrected chi connectivity index (χ3v) is 5.13. The van der Waals surface area contributed by atoms with E-state index in [0.29, 0.717) is 5.56 Å². The molecule has 0 unspecified atom stereocenters. The molecule has 0 aliphatic heterocycles. The average Bonchev–Trinajstić information content (AvgIpc) is 2.52. The number of carboxylic acids is 1. The van der Waals surface area contributed by atoms with Gasteiger partial charge in [-0.05, 0) is 36.2 Å². The van der Waals surface area contributed by atoms with Gasteiger partial charge in [0.15, 0.2) is 0 Å². The number of carbonyl (C=O) groups is 1. The van der Waals surface area contributed by atoms with Gasteiger partial charge < -0.3 is 10.8 Å². The molecule has 2 aromatic carbocycles. The van der Waals surface area contributed by atoms with Gasteiger partial charge in [-0.3, -0.25) is 9.52 Å². The predicted octanol–water partition coefficient (Wildman–Crippen LogP) is 2.75. The number of carboxylic acid groups (broad SMARTS) is 1. The van der Waals surface area contributed by atoms with E-state index in [4.69, 9.17) is 34.0 Å². The molecule has 0 saturated heterocycles. The number of anilines is 1. The van der Waals surface area contributed by atoms with Crippen molar-refractivity contribution in [1.82, 2.24) is 0 Å². The van der Waals surface area contributed by atoms with E-state index < -0.39 is 22.0 Å². The molecule has 4 N–H and O–H groups in total. The standard InChI is InChI=1S/C15H14Cl2N2O4S/c16-11-6-9(8-13(18)15(20)21)7-12(17)14(11)19-24(22,23)10-4-2-1-3-5-10/h1-7,13,19H,8,18H2,(H,20,21)/t13-/m0/s1. The van der Waals surface area contributed by atoms with Crippen LogP contribution in [0.4, 0.5) is 5.69 Å². The van der Waals surface area contributed by atoms with Gasteiger partial charge in [0.05, 0.1) is 20.6 Å². The SMILES string of the molecule is N[C@@H](Cc1cc(Cl)c(NS(=O)(=O)c2ccccc2)c(Cl)c1)C(=O)O. The molecule has 0 aliphatic rings. The number of halogens is 2. The smallest absolute Gasteiger partial charge is 0.320 e. The van der Waals surface area contributed by atoms with Crippen LogP contribution in [0.2, 0.25) is 10.0 Å². The van der Waals surface area contributed by atoms with Crippen LogP contribution in [0.15, 0.2) is 47.4 Å². The molecular formula is C15H14Cl2N2O4S. The highest BCUT2D eigenvalue weighted by Gasteiger charge is 2.19. The summed E-state index contributed by atoms with van der Waals surface area (Å²) in [6.45, 7) is 0. The maximum absolute atomic E-state index is 12.3. The highest BCUT2D eigenvalue weighted by Crippen LogP contribution is 2.34. The molecule has 0 amide bonds. The Hall–Kier alpha value is -1.80. The van der Waals surface area contributed by atoms with E-state index >= 15 is 0 Å². The number of sulfonamides is 1. The third-order valence-electron chi connectivity index (χ3n) is 3.16. The van der Waals surface area contributed by atoms with E-state index in [1.165, 1.54) is 24.3 Å². The summed E-state index contributed by atoms with van der Waals surface area (Å²) in [6.07, 6.45) is 0.0144. The summed E-state index contributed by atoms with van der Waals surface area (Å²) < 4.78 is 27.0. The molecule has 2 aromatic rings. The molecule has 1 atom stereocenters. The van der Waals surface area contributed by atoms with Crippen molar-refractivity contribution in [2.45, 2.75) is 17.4 Å². The summed E-state index contributed by atoms with van der Waals surface area (Å²) in [6, 6.07) is 9.50. The number of nitrogens with one attached hydrogen (secondary N) is 1. The fraction of sp³-hybridized carbons (Fsp3) is 0.133. The Morgan fingerprint density at radius 1 is 1.17 bits per heavy atom. The summed E-state index contributed by atoms with van der Waals surface area (Å²) in [5, 5.41) is 8.93. The van der Waals surface area contributed by atoms with Crippen molar-refractivity contribution < 1.29 is 18.3 Å². The van der Waals surface area contributed by atoms with Crippen LogP contribution in [0, 0.1) is 0 Å². The van der Waals surface area contributed by atoms with Gasteiger partial charge in [-0.1, -0.05) is 41.4 Å². The number of benzene rings is 2. The Bertz CT molecular complexity index is 834. The minimum absolute atomic E-state index is 0.0144. The lowest BCUT2D eigenvalue weighted by Crippen LogP contribution is -2.32. The molecule has 0 bridgehead atoms. The number of hydrogen-bond donors (Lipinski definition) is 3. The molecule has 0 aromatic heterocycles. The average molecular weight is 389 g/mol. The second-order valence-corrected chi connectivity index (χ2v) is 7.50. The summed E-state index contributed by atoms with van der Waals surface area (Å²) in [5.74, 6) is -1.16. The van der Waals surface area contributed by atoms with Gasteiger partial charge >= 0.3 is 5.97 Å². The molecule has 0 spiro atoms. The Balaban J connectivity index is 2.31. The fourth-order valence-corrected chi connectivity index (χ4v) is 3.84. The van der Waals surface area contributed by atoms with Crippen molar-refractivity contribution in [2.75, 3.05) is 4.72 Å². The zero-order chi connectivity index (χ0) is 17.9. The topological polar surface area (TPSA) is 109 Å². The van der Waals surface area contributed by atoms with Gasteiger partial charge in [0, 0.05) is 0 Å². The van der Waals surface area contributed by atoms with Crippen LogP contribution >= 0.6 is 23.2 Å². The van der Waals surface area contributed by atoms with Gasteiger partial charge in [0.2, 0.25) is 0 Å².